The molecule has 1 aromatic heterocycles. The van der Waals surface area contributed by atoms with Crippen molar-refractivity contribution in [2.75, 3.05) is 6.54 Å². The molecule has 2 aromatic rings. The van der Waals surface area contributed by atoms with Gasteiger partial charge in [0.2, 0.25) is 0 Å². The minimum Gasteiger partial charge on any atom is -0.350 e. The zero-order valence-corrected chi connectivity index (χ0v) is 10.7. The molecule has 18 heavy (non-hydrogen) atoms. The highest BCUT2D eigenvalue weighted by Gasteiger charge is 2.11. The summed E-state index contributed by atoms with van der Waals surface area (Å²) in [6.07, 6.45) is 0.725. The number of halogens is 1. The number of aryl methyl sites for hydroxylation is 1. The van der Waals surface area contributed by atoms with Gasteiger partial charge in [0, 0.05) is 11.6 Å². The van der Waals surface area contributed by atoms with Crippen LogP contribution in [-0.4, -0.2) is 27.9 Å². The third-order valence-corrected chi connectivity index (χ3v) is 2.76. The molecule has 0 saturated heterocycles. The van der Waals surface area contributed by atoms with Crippen LogP contribution < -0.4 is 5.32 Å². The molecule has 0 aliphatic rings. The number of rotatable bonds is 4. The van der Waals surface area contributed by atoms with Crippen LogP contribution in [0.5, 0.6) is 0 Å². The van der Waals surface area contributed by atoms with E-state index in [-0.39, 0.29) is 5.91 Å². The van der Waals surface area contributed by atoms with E-state index in [4.69, 9.17) is 11.6 Å². The van der Waals surface area contributed by atoms with Gasteiger partial charge in [-0.15, -0.1) is 0 Å². The molecule has 0 unspecified atom stereocenters. The van der Waals surface area contributed by atoms with E-state index >= 15 is 0 Å². The molecular weight excluding hydrogens is 252 g/mol. The van der Waals surface area contributed by atoms with E-state index in [2.05, 4.69) is 20.7 Å². The number of amides is 1. The van der Waals surface area contributed by atoms with Crippen LogP contribution in [0.1, 0.15) is 21.7 Å². The summed E-state index contributed by atoms with van der Waals surface area (Å²) < 4.78 is 0. The Morgan fingerprint density at radius 2 is 2.28 bits per heavy atom. The third kappa shape index (κ3) is 3.07. The van der Waals surface area contributed by atoms with Gasteiger partial charge in [0.25, 0.3) is 5.91 Å². The van der Waals surface area contributed by atoms with Crippen molar-refractivity contribution in [3.05, 3.63) is 46.2 Å². The van der Waals surface area contributed by atoms with Crippen LogP contribution in [0.3, 0.4) is 0 Å². The number of carbonyl (C=O) groups excluding carboxylic acids is 1. The van der Waals surface area contributed by atoms with Crippen molar-refractivity contribution in [2.24, 2.45) is 0 Å². The number of aromatic nitrogens is 3. The highest BCUT2D eigenvalue weighted by atomic mass is 35.5. The molecule has 6 heteroatoms. The van der Waals surface area contributed by atoms with E-state index in [1.54, 1.807) is 6.92 Å². The smallest absolute Gasteiger partial charge is 0.273 e. The Bertz CT molecular complexity index is 553. The van der Waals surface area contributed by atoms with Gasteiger partial charge >= 0.3 is 0 Å². The van der Waals surface area contributed by atoms with Gasteiger partial charge in [-0.25, -0.2) is 0 Å². The van der Waals surface area contributed by atoms with Crippen molar-refractivity contribution in [1.82, 2.24) is 20.7 Å². The molecule has 0 aliphatic carbocycles. The summed E-state index contributed by atoms with van der Waals surface area (Å²) in [6, 6.07) is 7.57. The van der Waals surface area contributed by atoms with E-state index in [0.29, 0.717) is 23.0 Å². The molecule has 0 bridgehead atoms. The average molecular weight is 265 g/mol. The molecule has 5 nitrogen and oxygen atoms in total. The van der Waals surface area contributed by atoms with Crippen molar-refractivity contribution in [1.29, 1.82) is 0 Å². The predicted octanol–water partition coefficient (Wildman–Crippen LogP) is 1.74. The van der Waals surface area contributed by atoms with Gasteiger partial charge in [0.05, 0.1) is 5.69 Å². The van der Waals surface area contributed by atoms with Gasteiger partial charge in [-0.3, -0.25) is 4.79 Å². The summed E-state index contributed by atoms with van der Waals surface area (Å²) >= 11 is 5.88. The molecule has 0 saturated carbocycles. The number of benzene rings is 1. The highest BCUT2D eigenvalue weighted by molar-refractivity contribution is 6.30. The fraction of sp³-hybridized carbons (Fsp3) is 0.250. The van der Waals surface area contributed by atoms with E-state index in [9.17, 15) is 4.79 Å². The number of H-pyrrole nitrogens is 1. The Labute approximate surface area is 110 Å². The van der Waals surface area contributed by atoms with Crippen molar-refractivity contribution >= 4 is 17.5 Å². The predicted molar refractivity (Wildman–Crippen MR) is 68.6 cm³/mol. The van der Waals surface area contributed by atoms with E-state index < -0.39 is 0 Å². The summed E-state index contributed by atoms with van der Waals surface area (Å²) in [6.45, 7) is 2.26. The minimum absolute atomic E-state index is 0.219. The monoisotopic (exact) mass is 264 g/mol. The van der Waals surface area contributed by atoms with Gasteiger partial charge in [0.15, 0.2) is 5.69 Å². The first kappa shape index (κ1) is 12.6. The molecular formula is C12H13ClN4O. The molecule has 0 aliphatic heterocycles. The van der Waals surface area contributed by atoms with Gasteiger partial charge < -0.3 is 5.32 Å². The van der Waals surface area contributed by atoms with Crippen molar-refractivity contribution < 1.29 is 4.79 Å². The van der Waals surface area contributed by atoms with Crippen LogP contribution in [0, 0.1) is 6.92 Å². The lowest BCUT2D eigenvalue weighted by Crippen LogP contribution is -2.26. The van der Waals surface area contributed by atoms with Crippen molar-refractivity contribution in [2.45, 2.75) is 13.3 Å². The summed E-state index contributed by atoms with van der Waals surface area (Å²) in [4.78, 5) is 11.7. The molecule has 1 amide bonds. The first-order valence-electron chi connectivity index (χ1n) is 5.57. The van der Waals surface area contributed by atoms with Crippen molar-refractivity contribution in [3.63, 3.8) is 0 Å². The Morgan fingerprint density at radius 3 is 2.94 bits per heavy atom. The van der Waals surface area contributed by atoms with Gasteiger partial charge in [0.1, 0.15) is 0 Å². The number of nitrogens with zero attached hydrogens (tertiary/aromatic N) is 2. The lowest BCUT2D eigenvalue weighted by molar-refractivity contribution is 0.0948. The fourth-order valence-electron chi connectivity index (χ4n) is 1.60. The lowest BCUT2D eigenvalue weighted by Gasteiger charge is -2.04. The first-order chi connectivity index (χ1) is 8.66. The molecule has 94 valence electrons. The van der Waals surface area contributed by atoms with Crippen LogP contribution in [0.4, 0.5) is 0 Å². The van der Waals surface area contributed by atoms with Gasteiger partial charge in [-0.2, -0.15) is 15.4 Å². The largest absolute Gasteiger partial charge is 0.350 e. The summed E-state index contributed by atoms with van der Waals surface area (Å²) in [5, 5.41) is 13.5. The van der Waals surface area contributed by atoms with Crippen LogP contribution in [0.15, 0.2) is 24.3 Å². The maximum absolute atomic E-state index is 11.7. The van der Waals surface area contributed by atoms with Crippen LogP contribution >= 0.6 is 11.6 Å². The number of carbonyl (C=O) groups is 1. The molecule has 1 aromatic carbocycles. The maximum atomic E-state index is 11.7. The molecule has 0 atom stereocenters. The van der Waals surface area contributed by atoms with Crippen LogP contribution in [0.25, 0.3) is 0 Å². The quantitative estimate of drug-likeness (QED) is 0.884. The summed E-state index contributed by atoms with van der Waals surface area (Å²) in [5.41, 5.74) is 2.01. The summed E-state index contributed by atoms with van der Waals surface area (Å²) in [5.74, 6) is -0.219. The third-order valence-electron chi connectivity index (χ3n) is 2.53. The fourth-order valence-corrected chi connectivity index (χ4v) is 1.81. The number of aromatic amines is 1. The normalized spacial score (nSPS) is 10.3. The Balaban J connectivity index is 1.86. The molecule has 0 fully saturated rings. The summed E-state index contributed by atoms with van der Waals surface area (Å²) in [7, 11) is 0. The van der Waals surface area contributed by atoms with Crippen LogP contribution in [0.2, 0.25) is 5.02 Å². The van der Waals surface area contributed by atoms with Crippen molar-refractivity contribution in [3.8, 4) is 0 Å². The highest BCUT2D eigenvalue weighted by Crippen LogP contribution is 2.10. The van der Waals surface area contributed by atoms with E-state index in [0.717, 1.165) is 12.0 Å². The maximum Gasteiger partial charge on any atom is 0.273 e. The zero-order chi connectivity index (χ0) is 13.0. The second kappa shape index (κ2) is 5.64. The second-order valence-corrected chi connectivity index (χ2v) is 4.33. The van der Waals surface area contributed by atoms with Crippen LogP contribution in [-0.2, 0) is 6.42 Å². The molecule has 1 heterocycles. The molecule has 0 spiro atoms. The minimum atomic E-state index is -0.219. The zero-order valence-electron chi connectivity index (χ0n) is 9.90. The second-order valence-electron chi connectivity index (χ2n) is 3.89. The lowest BCUT2D eigenvalue weighted by atomic mass is 10.1. The Morgan fingerprint density at radius 1 is 1.44 bits per heavy atom. The van der Waals surface area contributed by atoms with Gasteiger partial charge in [-0.1, -0.05) is 23.7 Å². The first-order valence-corrected chi connectivity index (χ1v) is 5.94. The Hall–Kier alpha value is -1.88. The standard InChI is InChI=1S/C12H13ClN4O/c1-8-11(16-17-15-8)12(18)14-6-5-9-3-2-4-10(13)7-9/h2-4,7H,5-6H2,1H3,(H,14,18)(H,15,16,17). The topological polar surface area (TPSA) is 70.7 Å². The van der Waals surface area contributed by atoms with Gasteiger partial charge in [-0.05, 0) is 31.0 Å². The SMILES string of the molecule is Cc1n[nH]nc1C(=O)NCCc1cccc(Cl)c1. The number of hydrogen-bond acceptors (Lipinski definition) is 3. The van der Waals surface area contributed by atoms with E-state index in [1.165, 1.54) is 0 Å². The average Bonchev–Trinajstić information content (AvgIpc) is 2.75. The molecule has 2 rings (SSSR count). The molecule has 2 N–H and O–H groups in total. The Kier molecular flexibility index (Phi) is 3.94. The number of nitrogens with one attached hydrogen (secondary N) is 2. The van der Waals surface area contributed by atoms with E-state index in [1.807, 2.05) is 24.3 Å². The number of hydrogen-bond donors (Lipinski definition) is 2. The molecule has 0 radical (unpaired) electrons.